The van der Waals surface area contributed by atoms with E-state index in [0.29, 0.717) is 0 Å². The van der Waals surface area contributed by atoms with E-state index in [4.69, 9.17) is 5.26 Å². The van der Waals surface area contributed by atoms with E-state index in [0.717, 1.165) is 0 Å². The molecule has 0 aromatic rings. The van der Waals surface area contributed by atoms with E-state index >= 15 is 0 Å². The molecule has 0 aliphatic rings. The van der Waals surface area contributed by atoms with E-state index in [2.05, 4.69) is 5.73 Å². The van der Waals surface area contributed by atoms with Crippen LogP contribution in [0.15, 0.2) is 0 Å². The molecule has 0 atom stereocenters. The van der Waals surface area contributed by atoms with Crippen LogP contribution < -0.4 is 11.9 Å². The fraction of sp³-hybridized carbons (Fsp3) is 0. The molecule has 0 rings (SSSR count). The number of rotatable bonds is 0. The van der Waals surface area contributed by atoms with Crippen LogP contribution in [0.4, 0.5) is 0 Å². The van der Waals surface area contributed by atoms with Crippen LogP contribution in [0, 0.1) is 11.5 Å². The molecule has 0 radical (unpaired) electrons. The van der Waals surface area contributed by atoms with Gasteiger partial charge in [-0.05, 0) is 0 Å². The molecule has 5 heavy (non-hydrogen) atoms. The van der Waals surface area contributed by atoms with Crippen LogP contribution >= 0.6 is 0 Å². The Morgan fingerprint density at radius 1 is 1.80 bits per heavy atom. The molecule has 0 bridgehead atoms. The van der Waals surface area contributed by atoms with E-state index in [1.807, 2.05) is 0 Å². The summed E-state index contributed by atoms with van der Waals surface area (Å²) >= 11 is 0. The predicted octanol–water partition coefficient (Wildman–Crippen LogP) is -0.568. The van der Waals surface area contributed by atoms with Crippen molar-refractivity contribution in [2.75, 3.05) is 0 Å². The number of nitrogens with zero attached hydrogens (tertiary/aromatic N) is 1. The molecule has 5 N–H and O–H groups in total. The second-order valence-corrected chi connectivity index (χ2v) is 0.129. The quantitative estimate of drug-likeness (QED) is 0.243. The van der Waals surface area contributed by atoms with Crippen molar-refractivity contribution in [2.24, 2.45) is 5.73 Å². The Labute approximate surface area is 63.7 Å². The summed E-state index contributed by atoms with van der Waals surface area (Å²) in [5.41, 5.74) is 4.15. The number of hydrogen-bond acceptors (Lipinski definition) is 3. The minimum Gasteiger partial charge on any atom is -1.00 e. The van der Waals surface area contributed by atoms with E-state index in [9.17, 15) is 0 Å². The van der Waals surface area contributed by atoms with Gasteiger partial charge in [-0.15, -0.1) is 0 Å². The van der Waals surface area contributed by atoms with Gasteiger partial charge in [0.2, 0.25) is 0 Å². The smallest absolute Gasteiger partial charge is 1.00 e. The molecule has 0 aromatic carbocycles. The van der Waals surface area contributed by atoms with E-state index in [1.54, 1.807) is 0 Å². The Morgan fingerprint density at radius 2 is 1.80 bits per heavy atom. The number of hydrogen-bond donors (Lipinski definition) is 2. The largest absolute Gasteiger partial charge is 2.00 e. The molecule has 0 saturated carbocycles. The number of nitrogens with two attached hydrogens (primary N) is 1. The van der Waals surface area contributed by atoms with E-state index < -0.39 is 0 Å². The average Bonchev–Trinajstić information content (AvgIpc) is 0.918. The zero-order valence-corrected chi connectivity index (χ0v) is 5.15. The Morgan fingerprint density at radius 3 is 1.80 bits per heavy atom. The predicted molar refractivity (Wildman–Crippen MR) is 22.8 cm³/mol. The van der Waals surface area contributed by atoms with E-state index in [1.165, 1.54) is 6.19 Å². The van der Waals surface area contributed by atoms with Gasteiger partial charge in [-0.2, -0.15) is 5.26 Å². The minimum absolute atomic E-state index is 0. The fourth-order valence-electron chi connectivity index (χ4n) is 0. The maximum Gasteiger partial charge on any atom is 2.00 e. The first-order chi connectivity index (χ1) is 1.41. The van der Waals surface area contributed by atoms with Crippen molar-refractivity contribution >= 4 is 37.7 Å². The molecule has 0 heterocycles. The summed E-state index contributed by atoms with van der Waals surface area (Å²) in [6.45, 7) is 0. The van der Waals surface area contributed by atoms with E-state index in [-0.39, 0.29) is 46.7 Å². The first kappa shape index (κ1) is 17.8. The molecule has 0 spiro atoms. The summed E-state index contributed by atoms with van der Waals surface area (Å²) in [6.07, 6.45) is 1.25. The van der Waals surface area contributed by atoms with Crippen molar-refractivity contribution in [3.63, 3.8) is 0 Å². The number of nitriles is 1. The molecule has 0 fully saturated rings. The third kappa shape index (κ3) is 109. The molecule has 4 heteroatoms. The minimum atomic E-state index is 0. The van der Waals surface area contributed by atoms with Crippen LogP contribution in [0.1, 0.15) is 2.85 Å². The van der Waals surface area contributed by atoms with Gasteiger partial charge in [0.15, 0.2) is 6.19 Å². The fourth-order valence-corrected chi connectivity index (χ4v) is 0. The van der Waals surface area contributed by atoms with Crippen molar-refractivity contribution < 1.29 is 2.85 Å². The standard InChI is InChI=1S/CH2N2.Ca.H3N.2H/c2-1-3;;;;/h2H2;;1H3;;/q;+2;;2*-1. The molecule has 3 nitrogen and oxygen atoms in total. The maximum atomic E-state index is 7.10. The van der Waals surface area contributed by atoms with Crippen molar-refractivity contribution in [2.45, 2.75) is 0 Å². The van der Waals surface area contributed by atoms with Gasteiger partial charge in [-0.3, -0.25) is 0 Å². The zero-order chi connectivity index (χ0) is 2.71. The third-order valence-electron chi connectivity index (χ3n) is 0. The van der Waals surface area contributed by atoms with Gasteiger partial charge in [0, 0.05) is 0 Å². The molecule has 28 valence electrons. The van der Waals surface area contributed by atoms with Gasteiger partial charge in [0.25, 0.3) is 0 Å². The topological polar surface area (TPSA) is 84.8 Å². The van der Waals surface area contributed by atoms with Crippen LogP contribution in [-0.4, -0.2) is 37.7 Å². The van der Waals surface area contributed by atoms with Gasteiger partial charge in [-0.1, -0.05) is 0 Å². The van der Waals surface area contributed by atoms with Crippen LogP contribution in [0.5, 0.6) is 0 Å². The second-order valence-electron chi connectivity index (χ2n) is 0.129. The monoisotopic (exact) mass is 101 g/mol. The van der Waals surface area contributed by atoms with Gasteiger partial charge >= 0.3 is 37.7 Å². The maximum absolute atomic E-state index is 7.10. The van der Waals surface area contributed by atoms with Crippen molar-refractivity contribution in [1.29, 1.82) is 5.26 Å². The molecule has 0 amide bonds. The first-order valence-corrected chi connectivity index (χ1v) is 0.512. The van der Waals surface area contributed by atoms with Gasteiger partial charge in [-0.25, -0.2) is 0 Å². The second kappa shape index (κ2) is 24.4. The Kier molecular flexibility index (Phi) is 86.7. The van der Waals surface area contributed by atoms with Gasteiger partial charge in [0.1, 0.15) is 0 Å². The van der Waals surface area contributed by atoms with Crippen LogP contribution in [0.3, 0.4) is 0 Å². The molecule has 0 aliphatic carbocycles. The molecule has 0 unspecified atom stereocenters. The summed E-state index contributed by atoms with van der Waals surface area (Å²) in [5, 5.41) is 7.10. The molecule has 0 saturated heterocycles. The summed E-state index contributed by atoms with van der Waals surface area (Å²) in [5.74, 6) is 0. The Bertz CT molecular complexity index is 34.4. The van der Waals surface area contributed by atoms with Crippen LogP contribution in [0.25, 0.3) is 0 Å². The Balaban J connectivity index is -0.00000000333. The van der Waals surface area contributed by atoms with Gasteiger partial charge < -0.3 is 14.7 Å². The van der Waals surface area contributed by atoms with Crippen LogP contribution in [0.2, 0.25) is 0 Å². The van der Waals surface area contributed by atoms with Gasteiger partial charge in [0.05, 0.1) is 0 Å². The van der Waals surface area contributed by atoms with Crippen molar-refractivity contribution in [1.82, 2.24) is 6.15 Å². The van der Waals surface area contributed by atoms with Crippen LogP contribution in [-0.2, 0) is 0 Å². The SMILES string of the molecule is N.N#CN.[Ca+2].[H-].[H-]. The first-order valence-electron chi connectivity index (χ1n) is 0.512. The summed E-state index contributed by atoms with van der Waals surface area (Å²) in [4.78, 5) is 0. The summed E-state index contributed by atoms with van der Waals surface area (Å²) in [7, 11) is 0. The molecule has 0 aliphatic heterocycles. The normalized spacial score (nSPS) is 1.40. The molecular weight excluding hydrogens is 94.1 g/mol. The molecular formula is CH7CaN3. The van der Waals surface area contributed by atoms with Crippen molar-refractivity contribution in [3.05, 3.63) is 0 Å². The summed E-state index contributed by atoms with van der Waals surface area (Å²) < 4.78 is 0. The summed E-state index contributed by atoms with van der Waals surface area (Å²) in [6, 6.07) is 0. The Hall–Kier alpha value is 0.510. The zero-order valence-electron chi connectivity index (χ0n) is 4.94. The van der Waals surface area contributed by atoms with Crippen molar-refractivity contribution in [3.8, 4) is 6.19 Å². The average molecular weight is 101 g/mol. The third-order valence-corrected chi connectivity index (χ3v) is 0. The molecule has 0 aromatic heterocycles.